The summed E-state index contributed by atoms with van der Waals surface area (Å²) in [5.41, 5.74) is 6.39. The minimum absolute atomic E-state index is 0.0136. The summed E-state index contributed by atoms with van der Waals surface area (Å²) < 4.78 is 27.5. The molecule has 0 radical (unpaired) electrons. The minimum atomic E-state index is -2.43. The van der Waals surface area contributed by atoms with Crippen molar-refractivity contribution in [3.63, 3.8) is 0 Å². The number of rotatable bonds is 3. The van der Waals surface area contributed by atoms with Crippen LogP contribution in [0.2, 0.25) is 0 Å². The van der Waals surface area contributed by atoms with Crippen LogP contribution in [0.5, 0.6) is 5.75 Å². The number of carbonyl (C=O) groups excluding carboxylic acids is 2. The van der Waals surface area contributed by atoms with Crippen LogP contribution in [-0.2, 0) is 11.3 Å². The molecule has 1 unspecified atom stereocenters. The Balaban J connectivity index is 2.36. The number of hydrogen-bond acceptors (Lipinski definition) is 5. The van der Waals surface area contributed by atoms with Gasteiger partial charge in [-0.2, -0.15) is 0 Å². The van der Waals surface area contributed by atoms with Crippen molar-refractivity contribution >= 4 is 34.2 Å². The molecule has 8 heteroatoms. The Labute approximate surface area is 133 Å². The predicted molar refractivity (Wildman–Crippen MR) is 85.1 cm³/mol. The normalized spacial score (nSPS) is 14.0. The average Bonchev–Trinajstić information content (AvgIpc) is 2.53. The molecule has 118 valence electrons. The first kappa shape index (κ1) is 15.2. The van der Waals surface area contributed by atoms with Crippen LogP contribution >= 0.6 is 0 Å². The van der Waals surface area contributed by atoms with Crippen molar-refractivity contribution in [2.75, 3.05) is 17.6 Å². The number of nitrogen functional groups attached to an aromatic ring is 1. The molecule has 1 aliphatic rings. The highest BCUT2D eigenvalue weighted by molar-refractivity contribution is 7.80. The van der Waals surface area contributed by atoms with Gasteiger partial charge in [-0.05, 0) is 0 Å². The van der Waals surface area contributed by atoms with Gasteiger partial charge in [-0.1, -0.05) is 24.3 Å². The fourth-order valence-corrected chi connectivity index (χ4v) is 2.99. The number of anilines is 2. The first-order chi connectivity index (χ1) is 11.0. The molecule has 2 aromatic rings. The number of hydrogen-bond donors (Lipinski definition) is 3. The zero-order valence-corrected chi connectivity index (χ0v) is 12.8. The topological polar surface area (TPSA) is 119 Å². The molecule has 0 aromatic heterocycles. The molecule has 0 fully saturated rings. The third kappa shape index (κ3) is 2.28. The van der Waals surface area contributed by atoms with E-state index in [1.54, 1.807) is 12.1 Å². The molecule has 3 rings (SSSR count). The second kappa shape index (κ2) is 5.49. The van der Waals surface area contributed by atoms with E-state index in [1.807, 2.05) is 0 Å². The molecular formula is C15H12N2O5S. The fraction of sp³-hybridized carbons (Fsp3) is 0.0667. The van der Waals surface area contributed by atoms with E-state index in [9.17, 15) is 13.8 Å². The first-order valence-electron chi connectivity index (χ1n) is 6.52. The van der Waals surface area contributed by atoms with Gasteiger partial charge in [0.25, 0.3) is 11.3 Å². The zero-order chi connectivity index (χ0) is 16.7. The molecule has 1 aliphatic carbocycles. The molecule has 7 nitrogen and oxygen atoms in total. The van der Waals surface area contributed by atoms with Crippen LogP contribution in [0.15, 0.2) is 30.3 Å². The zero-order valence-electron chi connectivity index (χ0n) is 12.0. The van der Waals surface area contributed by atoms with Gasteiger partial charge in [0.15, 0.2) is 11.6 Å². The summed E-state index contributed by atoms with van der Waals surface area (Å²) >= 11 is -2.43. The van der Waals surface area contributed by atoms with Gasteiger partial charge in [0.1, 0.15) is 5.75 Å². The van der Waals surface area contributed by atoms with E-state index in [-0.39, 0.29) is 39.4 Å². The smallest absolute Gasteiger partial charge is 0.259 e. The Bertz CT molecular complexity index is 878. The summed E-state index contributed by atoms with van der Waals surface area (Å²) in [6.07, 6.45) is 0. The second-order valence-corrected chi connectivity index (χ2v) is 5.55. The highest BCUT2D eigenvalue weighted by Gasteiger charge is 2.35. The third-order valence-corrected chi connectivity index (χ3v) is 4.01. The second-order valence-electron chi connectivity index (χ2n) is 4.85. The number of ether oxygens (including phenoxy) is 1. The highest BCUT2D eigenvalue weighted by atomic mass is 32.2. The van der Waals surface area contributed by atoms with Crippen LogP contribution in [0.3, 0.4) is 0 Å². The lowest BCUT2D eigenvalue weighted by molar-refractivity contribution is 0.0980. The van der Waals surface area contributed by atoms with Crippen LogP contribution in [0, 0.1) is 0 Å². The molecule has 23 heavy (non-hydrogen) atoms. The Morgan fingerprint density at radius 3 is 2.22 bits per heavy atom. The summed E-state index contributed by atoms with van der Waals surface area (Å²) in [5.74, 6) is -0.742. The SMILES string of the molecule is COc1cc(NS(=O)O)c2c(c1N)C(=O)c1ccccc1C2=O. The predicted octanol–water partition coefficient (Wildman–Crippen LogP) is 1.60. The highest BCUT2D eigenvalue weighted by Crippen LogP contribution is 2.40. The van der Waals surface area contributed by atoms with Crippen molar-refractivity contribution in [3.05, 3.63) is 52.6 Å². The number of nitrogens with one attached hydrogen (secondary N) is 1. The summed E-state index contributed by atoms with van der Waals surface area (Å²) in [6.45, 7) is 0. The monoisotopic (exact) mass is 332 g/mol. The molecule has 0 heterocycles. The van der Waals surface area contributed by atoms with Gasteiger partial charge < -0.3 is 10.5 Å². The van der Waals surface area contributed by atoms with E-state index >= 15 is 0 Å². The summed E-state index contributed by atoms with van der Waals surface area (Å²) in [5, 5.41) is 0. The van der Waals surface area contributed by atoms with E-state index in [4.69, 9.17) is 15.0 Å². The lowest BCUT2D eigenvalue weighted by Gasteiger charge is -2.22. The quantitative estimate of drug-likeness (QED) is 0.495. The molecule has 4 N–H and O–H groups in total. The Kier molecular flexibility index (Phi) is 3.63. The number of carbonyl (C=O) groups is 2. The maximum Gasteiger partial charge on any atom is 0.259 e. The van der Waals surface area contributed by atoms with Crippen molar-refractivity contribution in [2.45, 2.75) is 0 Å². The molecule has 1 atom stereocenters. The molecule has 0 saturated heterocycles. The van der Waals surface area contributed by atoms with E-state index in [0.29, 0.717) is 0 Å². The van der Waals surface area contributed by atoms with Gasteiger partial charge in [-0.25, -0.2) is 4.21 Å². The lowest BCUT2D eigenvalue weighted by Crippen LogP contribution is -2.24. The van der Waals surface area contributed by atoms with Gasteiger partial charge in [-0.3, -0.25) is 18.9 Å². The van der Waals surface area contributed by atoms with Gasteiger partial charge >= 0.3 is 0 Å². The molecular weight excluding hydrogens is 320 g/mol. The van der Waals surface area contributed by atoms with Crippen molar-refractivity contribution in [1.82, 2.24) is 0 Å². The van der Waals surface area contributed by atoms with E-state index < -0.39 is 22.8 Å². The number of methoxy groups -OCH3 is 1. The Hall–Kier alpha value is -2.71. The van der Waals surface area contributed by atoms with E-state index in [2.05, 4.69) is 4.72 Å². The molecule has 0 spiro atoms. The average molecular weight is 332 g/mol. The summed E-state index contributed by atoms with van der Waals surface area (Å²) in [7, 11) is 1.35. The van der Waals surface area contributed by atoms with E-state index in [1.165, 1.54) is 25.3 Å². The van der Waals surface area contributed by atoms with Gasteiger partial charge in [0.2, 0.25) is 0 Å². The van der Waals surface area contributed by atoms with Gasteiger partial charge in [0.05, 0.1) is 29.6 Å². The molecule has 0 aliphatic heterocycles. The van der Waals surface area contributed by atoms with Crippen molar-refractivity contribution in [2.24, 2.45) is 0 Å². The standard InChI is InChI=1S/C15H12N2O5S/c1-22-10-6-9(17-23(20)21)11-12(13(10)16)15(19)8-5-3-2-4-7(8)14(11)18/h2-6,17H,16H2,1H3,(H,20,21). The summed E-state index contributed by atoms with van der Waals surface area (Å²) in [6, 6.07) is 7.67. The fourth-order valence-electron chi connectivity index (χ4n) is 2.64. The number of ketones is 2. The minimum Gasteiger partial charge on any atom is -0.494 e. The Morgan fingerprint density at radius 1 is 1.13 bits per heavy atom. The van der Waals surface area contributed by atoms with Crippen LogP contribution in [0.4, 0.5) is 11.4 Å². The first-order valence-corrected chi connectivity index (χ1v) is 7.62. The van der Waals surface area contributed by atoms with Crippen molar-refractivity contribution in [1.29, 1.82) is 0 Å². The third-order valence-electron chi connectivity index (χ3n) is 3.62. The summed E-state index contributed by atoms with van der Waals surface area (Å²) in [4.78, 5) is 25.5. The van der Waals surface area contributed by atoms with Gasteiger partial charge in [-0.15, -0.1) is 0 Å². The van der Waals surface area contributed by atoms with Crippen LogP contribution in [-0.4, -0.2) is 27.4 Å². The van der Waals surface area contributed by atoms with E-state index in [0.717, 1.165) is 0 Å². The Morgan fingerprint density at radius 2 is 1.70 bits per heavy atom. The molecule has 0 bridgehead atoms. The number of fused-ring (bicyclic) bond motifs is 2. The maximum absolute atomic E-state index is 12.7. The molecule has 2 aromatic carbocycles. The maximum atomic E-state index is 12.7. The molecule has 0 amide bonds. The number of nitrogens with two attached hydrogens (primary N) is 1. The van der Waals surface area contributed by atoms with Crippen LogP contribution < -0.4 is 15.2 Å². The van der Waals surface area contributed by atoms with Gasteiger partial charge in [0, 0.05) is 17.2 Å². The van der Waals surface area contributed by atoms with Crippen LogP contribution in [0.1, 0.15) is 31.8 Å². The number of benzene rings is 2. The van der Waals surface area contributed by atoms with Crippen molar-refractivity contribution in [3.8, 4) is 5.75 Å². The van der Waals surface area contributed by atoms with Crippen molar-refractivity contribution < 1.29 is 23.1 Å². The molecule has 0 saturated carbocycles. The van der Waals surface area contributed by atoms with Crippen LogP contribution in [0.25, 0.3) is 0 Å². The lowest BCUT2D eigenvalue weighted by atomic mass is 9.82. The largest absolute Gasteiger partial charge is 0.494 e.